The fraction of sp³-hybridized carbons (Fsp3) is 0.648. The zero-order chi connectivity index (χ0) is 49.6. The molecule has 7 heterocycles. The number of ether oxygens (including phenoxy) is 5. The highest BCUT2D eigenvalue weighted by Gasteiger charge is 2.50. The smallest absolute Gasteiger partial charge is 0.324 e. The average Bonchev–Trinajstić information content (AvgIpc) is 4.25. The molecule has 17 nitrogen and oxygen atoms in total. The number of cyclic esters (lactones) is 1. The van der Waals surface area contributed by atoms with Gasteiger partial charge in [-0.05, 0) is 100 Å². The third-order valence-electron chi connectivity index (χ3n) is 16.0. The molecule has 1 aromatic carbocycles. The minimum atomic E-state index is -1.16. The number of anilines is 1. The summed E-state index contributed by atoms with van der Waals surface area (Å²) in [5, 5.41) is 5.50. The predicted molar refractivity (Wildman–Crippen MR) is 267 cm³/mol. The lowest BCUT2D eigenvalue weighted by molar-refractivity contribution is -0.157. The maximum absolute atomic E-state index is 14.7. The van der Waals surface area contributed by atoms with Gasteiger partial charge in [-0.25, -0.2) is 10.4 Å². The molecule has 0 radical (unpaired) electrons. The molecule has 4 aromatic rings. The number of hydrogen-bond donors (Lipinski definition) is 2. The SMILES string of the molecule is CCO[C@@H]1c2coc(n2)-c2ccc3c(c2)c(c(-c2cc(N4CCN(C5CC5)CC4)cnc2[C@H](C)OC)n3CCOC2CCOCC2)CC(C)(C)COC(=O)[C@@H]2CCCN(N2)C(=O)[C@H]1NC(=O)C1[C@@H](C)[C@H]1C. The molecular formula is C54H74N8O9. The van der Waals surface area contributed by atoms with Crippen LogP contribution >= 0.6 is 0 Å². The van der Waals surface area contributed by atoms with Crippen molar-refractivity contribution in [3.63, 3.8) is 0 Å². The number of hydrazine groups is 1. The molecule has 3 saturated heterocycles. The molecule has 10 rings (SSSR count). The Balaban J connectivity index is 1.12. The highest BCUT2D eigenvalue weighted by atomic mass is 16.5. The summed E-state index contributed by atoms with van der Waals surface area (Å²) in [5.74, 6) is -0.595. The van der Waals surface area contributed by atoms with Crippen molar-refractivity contribution >= 4 is 34.4 Å². The standard InChI is InChI=1S/C54H74N8O9/c1-8-68-49-43-30-70-51(56-43)35-11-14-44-39(26-35)41(28-54(5,6)31-71-53(65)42-10-9-17-62(58-42)52(64)47(49)57-50(63)45-32(2)33(45)3)48(61(44)22-25-69-38-15-23-67-24-16-38)40-27-37(29-55-46(40)34(4)66-7)60-20-18-59(19-21-60)36-12-13-36/h11,14,26-27,29-30,32-34,36,38,42,45,47,49,58H,8-10,12-13,15-25,28,31H2,1-7H3,(H,57,63)/t32-,33+,34-,42-,45?,47-,49+/m0/s1. The van der Waals surface area contributed by atoms with Crippen molar-refractivity contribution in [2.75, 3.05) is 77.8 Å². The lowest BCUT2D eigenvalue weighted by Crippen LogP contribution is -2.61. The highest BCUT2D eigenvalue weighted by Crippen LogP contribution is 2.46. The van der Waals surface area contributed by atoms with Crippen LogP contribution in [-0.2, 0) is 51.0 Å². The van der Waals surface area contributed by atoms with Gasteiger partial charge < -0.3 is 42.9 Å². The van der Waals surface area contributed by atoms with Crippen LogP contribution in [0.5, 0.6) is 0 Å². The number of carbonyl (C=O) groups is 3. The van der Waals surface area contributed by atoms with E-state index in [2.05, 4.69) is 57.2 Å². The number of nitrogens with one attached hydrogen (secondary N) is 2. The number of fused-ring (bicyclic) bond motifs is 6. The van der Waals surface area contributed by atoms with E-state index in [1.807, 2.05) is 40.0 Å². The second-order valence-corrected chi connectivity index (χ2v) is 21.6. The van der Waals surface area contributed by atoms with Crippen LogP contribution in [0, 0.1) is 23.2 Å². The number of aromatic nitrogens is 3. The van der Waals surface area contributed by atoms with Gasteiger partial charge in [0.15, 0.2) is 0 Å². The maximum Gasteiger partial charge on any atom is 0.324 e. The number of rotatable bonds is 13. The molecule has 17 heteroatoms. The van der Waals surface area contributed by atoms with Gasteiger partial charge in [0.05, 0.1) is 48.7 Å². The van der Waals surface area contributed by atoms with E-state index in [4.69, 9.17) is 38.1 Å². The van der Waals surface area contributed by atoms with Gasteiger partial charge >= 0.3 is 5.97 Å². The Bertz CT molecular complexity index is 2550. The van der Waals surface area contributed by atoms with Crippen LogP contribution in [0.15, 0.2) is 41.1 Å². The molecule has 71 heavy (non-hydrogen) atoms. The number of nitrogens with zero attached hydrogens (tertiary/aromatic N) is 6. The van der Waals surface area contributed by atoms with E-state index in [1.165, 1.54) is 24.1 Å². The number of benzene rings is 1. The molecule has 5 fully saturated rings. The fourth-order valence-electron chi connectivity index (χ4n) is 11.4. The Hall–Kier alpha value is -4.91. The van der Waals surface area contributed by atoms with Gasteiger partial charge in [-0.2, -0.15) is 0 Å². The van der Waals surface area contributed by atoms with Crippen molar-refractivity contribution in [2.45, 2.75) is 129 Å². The zero-order valence-electron chi connectivity index (χ0n) is 42.7. The Labute approximate surface area is 417 Å². The predicted octanol–water partition coefficient (Wildman–Crippen LogP) is 6.63. The van der Waals surface area contributed by atoms with E-state index in [1.54, 1.807) is 7.11 Å². The molecule has 6 bridgehead atoms. The quantitative estimate of drug-likeness (QED) is 0.137. The van der Waals surface area contributed by atoms with E-state index in [0.29, 0.717) is 63.8 Å². The van der Waals surface area contributed by atoms with Crippen LogP contribution < -0.4 is 15.6 Å². The number of pyridine rings is 1. The number of piperazine rings is 1. The fourth-order valence-corrected chi connectivity index (χ4v) is 11.4. The summed E-state index contributed by atoms with van der Waals surface area (Å²) in [7, 11) is 1.73. The number of oxazole rings is 1. The highest BCUT2D eigenvalue weighted by molar-refractivity contribution is 5.95. The van der Waals surface area contributed by atoms with Gasteiger partial charge in [0, 0.05) is 106 Å². The lowest BCUT2D eigenvalue weighted by Gasteiger charge is -2.37. The molecule has 3 aromatic heterocycles. The van der Waals surface area contributed by atoms with Crippen molar-refractivity contribution in [1.82, 2.24) is 35.2 Å². The van der Waals surface area contributed by atoms with E-state index >= 15 is 0 Å². The second kappa shape index (κ2) is 20.9. The van der Waals surface area contributed by atoms with Crippen molar-refractivity contribution in [2.24, 2.45) is 23.2 Å². The Morgan fingerprint density at radius 3 is 2.49 bits per heavy atom. The minimum absolute atomic E-state index is 0.114. The van der Waals surface area contributed by atoms with Crippen molar-refractivity contribution in [3.05, 3.63) is 53.7 Å². The first-order valence-corrected chi connectivity index (χ1v) is 26.3. The molecular weight excluding hydrogens is 905 g/mol. The first-order valence-electron chi connectivity index (χ1n) is 26.3. The van der Waals surface area contributed by atoms with Gasteiger partial charge in [0.25, 0.3) is 5.91 Å². The van der Waals surface area contributed by atoms with Crippen molar-refractivity contribution < 1.29 is 42.5 Å². The molecule has 384 valence electrons. The molecule has 4 aliphatic heterocycles. The Morgan fingerprint density at radius 1 is 1.00 bits per heavy atom. The van der Waals surface area contributed by atoms with Gasteiger partial charge in [0.2, 0.25) is 11.8 Å². The lowest BCUT2D eigenvalue weighted by atomic mass is 9.84. The van der Waals surface area contributed by atoms with Crippen LogP contribution in [0.4, 0.5) is 5.69 Å². The summed E-state index contributed by atoms with van der Waals surface area (Å²) < 4.78 is 39.7. The molecule has 0 spiro atoms. The molecule has 2 aliphatic carbocycles. The van der Waals surface area contributed by atoms with Gasteiger partial charge in [-0.15, -0.1) is 0 Å². The normalized spacial score (nSPS) is 27.1. The van der Waals surface area contributed by atoms with Crippen molar-refractivity contribution in [1.29, 1.82) is 0 Å². The van der Waals surface area contributed by atoms with Crippen LogP contribution in [0.3, 0.4) is 0 Å². The second-order valence-electron chi connectivity index (χ2n) is 21.6. The summed E-state index contributed by atoms with van der Waals surface area (Å²) in [6, 6.07) is 7.37. The van der Waals surface area contributed by atoms with Crippen LogP contribution in [0.2, 0.25) is 0 Å². The van der Waals surface area contributed by atoms with Gasteiger partial charge in [-0.3, -0.25) is 29.3 Å². The van der Waals surface area contributed by atoms with Gasteiger partial charge in [0.1, 0.15) is 30.1 Å². The van der Waals surface area contributed by atoms with E-state index in [-0.39, 0.29) is 49.1 Å². The monoisotopic (exact) mass is 979 g/mol. The topological polar surface area (TPSA) is 175 Å². The van der Waals surface area contributed by atoms with Crippen LogP contribution in [-0.4, -0.2) is 139 Å². The number of esters is 1. The number of carbonyl (C=O) groups excluding carboxylic acids is 3. The number of amides is 2. The summed E-state index contributed by atoms with van der Waals surface area (Å²) in [4.78, 5) is 58.1. The number of methoxy groups -OCH3 is 1. The van der Waals surface area contributed by atoms with Gasteiger partial charge in [-0.1, -0.05) is 27.7 Å². The van der Waals surface area contributed by atoms with Crippen molar-refractivity contribution in [3.8, 4) is 22.7 Å². The average molecular weight is 979 g/mol. The first-order chi connectivity index (χ1) is 34.3. The molecule has 1 unspecified atom stereocenters. The van der Waals surface area contributed by atoms with Crippen LogP contribution in [0.1, 0.15) is 109 Å². The summed E-state index contributed by atoms with van der Waals surface area (Å²) in [6.45, 7) is 19.2. The molecule has 6 aliphatic rings. The Morgan fingerprint density at radius 2 is 1.77 bits per heavy atom. The summed E-state index contributed by atoms with van der Waals surface area (Å²) >= 11 is 0. The molecule has 7 atom stereocenters. The minimum Gasteiger partial charge on any atom is -0.464 e. The maximum atomic E-state index is 14.7. The largest absolute Gasteiger partial charge is 0.464 e. The molecule has 2 N–H and O–H groups in total. The zero-order valence-corrected chi connectivity index (χ0v) is 42.7. The Kier molecular flexibility index (Phi) is 14.6. The number of hydrogen-bond acceptors (Lipinski definition) is 14. The summed E-state index contributed by atoms with van der Waals surface area (Å²) in [5.41, 5.74) is 9.67. The van der Waals surface area contributed by atoms with Crippen LogP contribution in [0.25, 0.3) is 33.6 Å². The third kappa shape index (κ3) is 10.5. The summed E-state index contributed by atoms with van der Waals surface area (Å²) in [6.07, 6.45) is 8.18. The molecule has 2 amide bonds. The van der Waals surface area contributed by atoms with E-state index < -0.39 is 35.5 Å². The first kappa shape index (κ1) is 49.7. The third-order valence-corrected chi connectivity index (χ3v) is 16.0. The molecule has 2 saturated carbocycles. The van der Waals surface area contributed by atoms with E-state index in [9.17, 15) is 14.4 Å². The van der Waals surface area contributed by atoms with E-state index in [0.717, 1.165) is 89.7 Å².